The molecule has 0 aliphatic rings. The van der Waals surface area contributed by atoms with Gasteiger partial charge in [-0.2, -0.15) is 0 Å². The summed E-state index contributed by atoms with van der Waals surface area (Å²) in [4.78, 5) is 24.9. The number of anilines is 2. The predicted octanol–water partition coefficient (Wildman–Crippen LogP) is 5.77. The number of amides is 2. The maximum absolute atomic E-state index is 13.3. The van der Waals surface area contributed by atoms with Crippen molar-refractivity contribution < 1.29 is 14.0 Å². The fraction of sp³-hybridized carbons (Fsp3) is 0.0455. The Kier molecular flexibility index (Phi) is 7.58. The third-order valence-electron chi connectivity index (χ3n) is 4.22. The molecule has 0 saturated carbocycles. The predicted molar refractivity (Wildman–Crippen MR) is 133 cm³/mol. The van der Waals surface area contributed by atoms with E-state index in [1.54, 1.807) is 36.4 Å². The Hall–Kier alpha value is -2.56. The van der Waals surface area contributed by atoms with Crippen LogP contribution in [0.2, 0.25) is 5.02 Å². The Labute approximate surface area is 202 Å². The summed E-state index contributed by atoms with van der Waals surface area (Å²) in [5.74, 6) is -1.31. The topological polar surface area (TPSA) is 70.2 Å². The normalized spacial score (nSPS) is 10.3. The Morgan fingerprint density at radius 1 is 0.935 bits per heavy atom. The Bertz CT molecular complexity index is 1190. The molecule has 0 aliphatic carbocycles. The summed E-state index contributed by atoms with van der Waals surface area (Å²) in [5.41, 5.74) is 2.80. The summed E-state index contributed by atoms with van der Waals surface area (Å²) in [6.07, 6.45) is 0. The summed E-state index contributed by atoms with van der Waals surface area (Å²) in [6.45, 7) is 1.96. The molecule has 31 heavy (non-hydrogen) atoms. The second-order valence-electron chi connectivity index (χ2n) is 6.54. The minimum Gasteiger partial charge on any atom is -0.332 e. The average Bonchev–Trinajstić information content (AvgIpc) is 2.72. The third kappa shape index (κ3) is 6.22. The second-order valence-corrected chi connectivity index (χ2v) is 8.51. The first-order chi connectivity index (χ1) is 14.7. The molecule has 3 aromatic carbocycles. The van der Waals surface area contributed by atoms with E-state index in [1.165, 1.54) is 18.2 Å². The van der Waals surface area contributed by atoms with Crippen LogP contribution in [0.15, 0.2) is 60.7 Å². The molecule has 3 rings (SSSR count). The zero-order valence-corrected chi connectivity index (χ0v) is 19.9. The van der Waals surface area contributed by atoms with Crippen LogP contribution in [0.4, 0.5) is 15.8 Å². The lowest BCUT2D eigenvalue weighted by molar-refractivity contribution is 0.0976. The summed E-state index contributed by atoms with van der Waals surface area (Å²) in [5, 5.41) is 8.17. The van der Waals surface area contributed by atoms with Gasteiger partial charge in [0.05, 0.1) is 5.02 Å². The van der Waals surface area contributed by atoms with Crippen molar-refractivity contribution >= 4 is 74.7 Å². The molecule has 0 fully saturated rings. The lowest BCUT2D eigenvalue weighted by atomic mass is 10.1. The van der Waals surface area contributed by atoms with E-state index >= 15 is 0 Å². The first-order valence-electron chi connectivity index (χ1n) is 8.98. The molecule has 0 aliphatic heterocycles. The van der Waals surface area contributed by atoms with Gasteiger partial charge in [-0.05, 0) is 95.8 Å². The summed E-state index contributed by atoms with van der Waals surface area (Å²) in [7, 11) is 0. The molecule has 158 valence electrons. The molecule has 0 aromatic heterocycles. The van der Waals surface area contributed by atoms with E-state index in [4.69, 9.17) is 23.8 Å². The lowest BCUT2D eigenvalue weighted by Gasteiger charge is -2.12. The molecule has 0 atom stereocenters. The maximum atomic E-state index is 13.3. The van der Waals surface area contributed by atoms with Crippen LogP contribution >= 0.6 is 46.4 Å². The molecular weight excluding hydrogens is 552 g/mol. The van der Waals surface area contributed by atoms with Crippen LogP contribution in [0.3, 0.4) is 0 Å². The molecule has 2 amide bonds. The monoisotopic (exact) mass is 567 g/mol. The number of aryl methyl sites for hydroxylation is 1. The minimum absolute atomic E-state index is 0.0856. The molecule has 3 aromatic rings. The van der Waals surface area contributed by atoms with Crippen molar-refractivity contribution in [1.82, 2.24) is 5.32 Å². The van der Waals surface area contributed by atoms with Crippen molar-refractivity contribution in [2.24, 2.45) is 0 Å². The van der Waals surface area contributed by atoms with E-state index in [9.17, 15) is 14.0 Å². The fourth-order valence-corrected chi connectivity index (χ4v) is 3.49. The van der Waals surface area contributed by atoms with Gasteiger partial charge in [0, 0.05) is 26.1 Å². The van der Waals surface area contributed by atoms with E-state index in [0.717, 1.165) is 9.13 Å². The highest BCUT2D eigenvalue weighted by atomic mass is 127. The smallest absolute Gasteiger partial charge is 0.257 e. The summed E-state index contributed by atoms with van der Waals surface area (Å²) in [6, 6.07) is 15.8. The van der Waals surface area contributed by atoms with Gasteiger partial charge in [-0.3, -0.25) is 14.9 Å². The largest absolute Gasteiger partial charge is 0.332 e. The van der Waals surface area contributed by atoms with Crippen molar-refractivity contribution in [2.75, 3.05) is 10.6 Å². The van der Waals surface area contributed by atoms with Crippen LogP contribution in [-0.2, 0) is 0 Å². The van der Waals surface area contributed by atoms with Crippen LogP contribution in [-0.4, -0.2) is 16.9 Å². The van der Waals surface area contributed by atoms with Crippen LogP contribution in [0, 0.1) is 16.3 Å². The number of nitrogens with one attached hydrogen (secondary N) is 3. The van der Waals surface area contributed by atoms with Crippen LogP contribution < -0.4 is 16.0 Å². The number of thiocarbonyl (C=S) groups is 1. The van der Waals surface area contributed by atoms with Gasteiger partial charge in [0.2, 0.25) is 0 Å². The lowest BCUT2D eigenvalue weighted by Crippen LogP contribution is -2.34. The van der Waals surface area contributed by atoms with Gasteiger partial charge in [-0.15, -0.1) is 0 Å². The van der Waals surface area contributed by atoms with Crippen molar-refractivity contribution in [3.8, 4) is 0 Å². The Balaban J connectivity index is 1.64. The molecule has 5 nitrogen and oxygen atoms in total. The molecule has 0 heterocycles. The SMILES string of the molecule is Cc1ccc(C(=O)NC(=S)Nc2cccc(C(=O)Nc3ccc(F)c(Cl)c3)c2)cc1I. The van der Waals surface area contributed by atoms with E-state index in [1.807, 2.05) is 13.0 Å². The first kappa shape index (κ1) is 23.1. The number of hydrogen-bond donors (Lipinski definition) is 3. The highest BCUT2D eigenvalue weighted by Gasteiger charge is 2.12. The van der Waals surface area contributed by atoms with Crippen LogP contribution in [0.25, 0.3) is 0 Å². The van der Waals surface area contributed by atoms with E-state index in [-0.39, 0.29) is 16.0 Å². The summed E-state index contributed by atoms with van der Waals surface area (Å²) < 4.78 is 14.3. The first-order valence-corrected chi connectivity index (χ1v) is 10.8. The fourth-order valence-electron chi connectivity index (χ4n) is 2.59. The zero-order valence-electron chi connectivity index (χ0n) is 16.1. The van der Waals surface area contributed by atoms with Gasteiger partial charge >= 0.3 is 0 Å². The van der Waals surface area contributed by atoms with Gasteiger partial charge in [-0.1, -0.05) is 23.7 Å². The quantitative estimate of drug-likeness (QED) is 0.277. The van der Waals surface area contributed by atoms with Gasteiger partial charge in [0.15, 0.2) is 5.11 Å². The highest BCUT2D eigenvalue weighted by Crippen LogP contribution is 2.20. The molecule has 0 bridgehead atoms. The molecular formula is C22H16ClFIN3O2S. The van der Waals surface area contributed by atoms with Gasteiger partial charge < -0.3 is 10.6 Å². The van der Waals surface area contributed by atoms with Crippen molar-refractivity contribution in [3.05, 3.63) is 91.8 Å². The third-order valence-corrected chi connectivity index (χ3v) is 5.88. The Morgan fingerprint density at radius 3 is 2.35 bits per heavy atom. The van der Waals surface area contributed by atoms with Crippen LogP contribution in [0.1, 0.15) is 26.3 Å². The molecule has 0 radical (unpaired) electrons. The van der Waals surface area contributed by atoms with Gasteiger partial charge in [0.25, 0.3) is 11.8 Å². The zero-order chi connectivity index (χ0) is 22.5. The number of rotatable bonds is 4. The molecule has 0 saturated heterocycles. The van der Waals surface area contributed by atoms with Crippen molar-refractivity contribution in [1.29, 1.82) is 0 Å². The number of halogens is 3. The maximum Gasteiger partial charge on any atom is 0.257 e. The van der Waals surface area contributed by atoms with Crippen molar-refractivity contribution in [2.45, 2.75) is 6.92 Å². The summed E-state index contributed by atoms with van der Waals surface area (Å²) >= 11 is 13.1. The van der Waals surface area contributed by atoms with Crippen molar-refractivity contribution in [3.63, 3.8) is 0 Å². The Morgan fingerprint density at radius 2 is 1.65 bits per heavy atom. The van der Waals surface area contributed by atoms with E-state index < -0.39 is 11.7 Å². The molecule has 9 heteroatoms. The van der Waals surface area contributed by atoms with Crippen LogP contribution in [0.5, 0.6) is 0 Å². The van der Waals surface area contributed by atoms with Gasteiger partial charge in [0.1, 0.15) is 5.82 Å². The number of carbonyl (C=O) groups is 2. The van der Waals surface area contributed by atoms with E-state index in [2.05, 4.69) is 38.5 Å². The minimum atomic E-state index is -0.568. The number of carbonyl (C=O) groups excluding carboxylic acids is 2. The number of benzene rings is 3. The molecule has 3 N–H and O–H groups in total. The second kappa shape index (κ2) is 10.2. The van der Waals surface area contributed by atoms with Gasteiger partial charge in [-0.25, -0.2) is 4.39 Å². The van der Waals surface area contributed by atoms with E-state index in [0.29, 0.717) is 22.5 Å². The molecule has 0 spiro atoms. The standard InChI is InChI=1S/C22H16ClFIN3O2S/c1-12-5-6-14(10-19(12)25)21(30)28-22(31)27-15-4-2-3-13(9-15)20(29)26-16-7-8-18(24)17(23)11-16/h2-11H,1H3,(H,26,29)(H2,27,28,30,31). The molecule has 0 unspecified atom stereocenters. The highest BCUT2D eigenvalue weighted by molar-refractivity contribution is 14.1. The number of hydrogen-bond acceptors (Lipinski definition) is 3. The average molecular weight is 568 g/mol.